The molecule has 0 fully saturated rings. The largest absolute Gasteiger partial charge is 0.346 e. The van der Waals surface area contributed by atoms with Crippen LogP contribution in [0.5, 0.6) is 0 Å². The highest BCUT2D eigenvalue weighted by Crippen LogP contribution is 2.26. The molecule has 28 heavy (non-hydrogen) atoms. The Morgan fingerprint density at radius 1 is 1.11 bits per heavy atom. The lowest BCUT2D eigenvalue weighted by atomic mass is 9.86. The monoisotopic (exact) mass is 379 g/mol. The number of benzene rings is 2. The van der Waals surface area contributed by atoms with Crippen molar-refractivity contribution < 1.29 is 9.18 Å². The van der Waals surface area contributed by atoms with Crippen molar-refractivity contribution in [3.05, 3.63) is 77.2 Å². The Morgan fingerprint density at radius 2 is 1.79 bits per heavy atom. The Morgan fingerprint density at radius 3 is 2.39 bits per heavy atom. The first-order valence-electron chi connectivity index (χ1n) is 9.50. The van der Waals surface area contributed by atoms with Gasteiger partial charge in [-0.2, -0.15) is 5.10 Å². The number of carbonyl (C=O) groups is 1. The van der Waals surface area contributed by atoms with Crippen molar-refractivity contribution in [3.8, 4) is 11.3 Å². The van der Waals surface area contributed by atoms with E-state index in [1.807, 2.05) is 11.6 Å². The van der Waals surface area contributed by atoms with Crippen LogP contribution in [-0.4, -0.2) is 15.7 Å². The molecule has 1 aromatic heterocycles. The lowest BCUT2D eigenvalue weighted by Crippen LogP contribution is -2.24. The highest BCUT2D eigenvalue weighted by atomic mass is 19.1. The first-order chi connectivity index (χ1) is 13.3. The van der Waals surface area contributed by atoms with Crippen molar-refractivity contribution in [2.24, 2.45) is 0 Å². The lowest BCUT2D eigenvalue weighted by Gasteiger charge is -2.19. The molecular weight excluding hydrogens is 353 g/mol. The smallest absolute Gasteiger partial charge is 0.272 e. The van der Waals surface area contributed by atoms with Gasteiger partial charge in [-0.05, 0) is 35.6 Å². The normalized spacial score (nSPS) is 11.5. The Kier molecular flexibility index (Phi) is 5.63. The Labute approximate surface area is 165 Å². The predicted octanol–water partition coefficient (Wildman–Crippen LogP) is 4.94. The topological polar surface area (TPSA) is 46.9 Å². The van der Waals surface area contributed by atoms with Crippen molar-refractivity contribution in [2.45, 2.75) is 46.2 Å². The number of carbonyl (C=O) groups excluding carboxylic acids is 1. The van der Waals surface area contributed by atoms with Crippen molar-refractivity contribution in [2.75, 3.05) is 0 Å². The Bertz CT molecular complexity index is 968. The highest BCUT2D eigenvalue weighted by Gasteiger charge is 2.17. The van der Waals surface area contributed by atoms with Crippen LogP contribution in [-0.2, 0) is 18.5 Å². The van der Waals surface area contributed by atoms with Crippen LogP contribution in [0.4, 0.5) is 4.39 Å². The van der Waals surface area contributed by atoms with Gasteiger partial charge in [-0.15, -0.1) is 0 Å². The van der Waals surface area contributed by atoms with E-state index in [9.17, 15) is 9.18 Å². The molecule has 0 saturated carbocycles. The summed E-state index contributed by atoms with van der Waals surface area (Å²) in [6.07, 6.45) is 0. The highest BCUT2D eigenvalue weighted by molar-refractivity contribution is 5.93. The van der Waals surface area contributed by atoms with E-state index < -0.39 is 0 Å². The van der Waals surface area contributed by atoms with E-state index >= 15 is 0 Å². The molecule has 1 amide bonds. The number of nitrogens with zero attached hydrogens (tertiary/aromatic N) is 2. The third kappa shape index (κ3) is 4.30. The molecule has 0 spiro atoms. The maximum atomic E-state index is 13.7. The van der Waals surface area contributed by atoms with Gasteiger partial charge >= 0.3 is 0 Å². The fourth-order valence-electron chi connectivity index (χ4n) is 3.05. The second-order valence-corrected chi connectivity index (χ2v) is 7.83. The van der Waals surface area contributed by atoms with Gasteiger partial charge < -0.3 is 5.32 Å². The Hall–Kier alpha value is -2.95. The second-order valence-electron chi connectivity index (χ2n) is 7.83. The maximum absolute atomic E-state index is 13.7. The molecule has 5 heteroatoms. The second kappa shape index (κ2) is 7.97. The zero-order valence-corrected chi connectivity index (χ0v) is 16.8. The van der Waals surface area contributed by atoms with Crippen LogP contribution in [0.15, 0.2) is 54.6 Å². The van der Waals surface area contributed by atoms with Crippen LogP contribution in [0.3, 0.4) is 0 Å². The van der Waals surface area contributed by atoms with E-state index in [4.69, 9.17) is 0 Å². The van der Waals surface area contributed by atoms with Gasteiger partial charge in [0.2, 0.25) is 0 Å². The van der Waals surface area contributed by atoms with Gasteiger partial charge in [-0.1, -0.05) is 63.2 Å². The molecule has 0 aliphatic rings. The minimum Gasteiger partial charge on any atom is -0.346 e. The summed E-state index contributed by atoms with van der Waals surface area (Å²) >= 11 is 0. The van der Waals surface area contributed by atoms with E-state index in [-0.39, 0.29) is 23.7 Å². The number of halogens is 1. The first kappa shape index (κ1) is 19.8. The van der Waals surface area contributed by atoms with Crippen LogP contribution in [0.25, 0.3) is 11.3 Å². The number of hydrogen-bond acceptors (Lipinski definition) is 2. The van der Waals surface area contributed by atoms with Gasteiger partial charge in [-0.25, -0.2) is 4.39 Å². The van der Waals surface area contributed by atoms with Crippen molar-refractivity contribution >= 4 is 5.91 Å². The van der Waals surface area contributed by atoms with Gasteiger partial charge in [0.25, 0.3) is 5.91 Å². The maximum Gasteiger partial charge on any atom is 0.272 e. The fraction of sp³-hybridized carbons (Fsp3) is 0.304. The average Bonchev–Trinajstić information content (AvgIpc) is 3.11. The molecule has 0 aliphatic carbocycles. The molecule has 4 nitrogen and oxygen atoms in total. The third-order valence-corrected chi connectivity index (χ3v) is 4.76. The van der Waals surface area contributed by atoms with Crippen molar-refractivity contribution in [3.63, 3.8) is 0 Å². The zero-order valence-electron chi connectivity index (χ0n) is 16.8. The number of amides is 1. The minimum atomic E-state index is -0.332. The molecule has 3 aromatic rings. The molecule has 146 valence electrons. The van der Waals surface area contributed by atoms with Crippen molar-refractivity contribution in [1.82, 2.24) is 15.1 Å². The average molecular weight is 379 g/mol. The quantitative estimate of drug-likeness (QED) is 0.683. The lowest BCUT2D eigenvalue weighted by molar-refractivity contribution is 0.0944. The summed E-state index contributed by atoms with van der Waals surface area (Å²) in [5, 5.41) is 7.17. The molecule has 0 bridgehead atoms. The molecule has 0 saturated heterocycles. The van der Waals surface area contributed by atoms with E-state index in [1.165, 1.54) is 11.6 Å². The molecular formula is C23H26FN3O. The summed E-state index contributed by atoms with van der Waals surface area (Å²) in [6.45, 7) is 9.29. The molecule has 1 heterocycles. The predicted molar refractivity (Wildman–Crippen MR) is 110 cm³/mol. The summed E-state index contributed by atoms with van der Waals surface area (Å²) in [6, 6.07) is 16.5. The van der Waals surface area contributed by atoms with E-state index in [0.29, 0.717) is 17.8 Å². The van der Waals surface area contributed by atoms with Gasteiger partial charge in [0.1, 0.15) is 5.82 Å². The molecule has 0 radical (unpaired) electrons. The van der Waals surface area contributed by atoms with Crippen LogP contribution in [0.2, 0.25) is 0 Å². The molecule has 1 N–H and O–H groups in total. The summed E-state index contributed by atoms with van der Waals surface area (Å²) in [4.78, 5) is 12.5. The summed E-state index contributed by atoms with van der Waals surface area (Å²) in [5.41, 5.74) is 4.01. The molecule has 3 rings (SSSR count). The summed E-state index contributed by atoms with van der Waals surface area (Å²) in [5.74, 6) is -0.649. The number of rotatable bonds is 5. The fourth-order valence-corrected chi connectivity index (χ4v) is 3.05. The molecule has 2 aromatic carbocycles. The van der Waals surface area contributed by atoms with E-state index in [0.717, 1.165) is 11.3 Å². The zero-order chi connectivity index (χ0) is 20.3. The standard InChI is InChI=1S/C23H26FN3O/c1-5-27-21(16-10-12-18(13-11-16)23(2,3)4)14-20(26-27)22(28)25-15-17-8-6-7-9-19(17)24/h6-14H,5,15H2,1-4H3,(H,25,28). The van der Waals surface area contributed by atoms with Crippen molar-refractivity contribution in [1.29, 1.82) is 0 Å². The van der Waals surface area contributed by atoms with Crippen LogP contribution in [0.1, 0.15) is 49.3 Å². The number of nitrogens with one attached hydrogen (secondary N) is 1. The van der Waals surface area contributed by atoms with Crippen LogP contribution >= 0.6 is 0 Å². The summed E-state index contributed by atoms with van der Waals surface area (Å²) in [7, 11) is 0. The Balaban J connectivity index is 1.80. The van der Waals surface area contributed by atoms with E-state index in [1.54, 1.807) is 24.3 Å². The number of aromatic nitrogens is 2. The van der Waals surface area contributed by atoms with Gasteiger partial charge in [0.15, 0.2) is 5.69 Å². The summed E-state index contributed by atoms with van der Waals surface area (Å²) < 4.78 is 15.5. The first-order valence-corrected chi connectivity index (χ1v) is 9.50. The molecule has 0 aliphatic heterocycles. The molecule has 0 atom stereocenters. The van der Waals surface area contributed by atoms with E-state index in [2.05, 4.69) is 55.5 Å². The minimum absolute atomic E-state index is 0.0846. The SMILES string of the molecule is CCn1nc(C(=O)NCc2ccccc2F)cc1-c1ccc(C(C)(C)C)cc1. The van der Waals surface area contributed by atoms with Gasteiger partial charge in [-0.3, -0.25) is 9.48 Å². The van der Waals surface area contributed by atoms with Gasteiger partial charge in [0, 0.05) is 18.7 Å². The van der Waals surface area contributed by atoms with Crippen LogP contribution in [0, 0.1) is 5.82 Å². The number of aryl methyl sites for hydroxylation is 1. The number of hydrogen-bond donors (Lipinski definition) is 1. The van der Waals surface area contributed by atoms with Gasteiger partial charge in [0.05, 0.1) is 5.69 Å². The third-order valence-electron chi connectivity index (χ3n) is 4.76. The molecule has 0 unspecified atom stereocenters. The van der Waals surface area contributed by atoms with Crippen LogP contribution < -0.4 is 5.32 Å².